The molecule has 0 bridgehead atoms. The number of halogens is 3. The highest BCUT2D eigenvalue weighted by Crippen LogP contribution is 2.30. The predicted octanol–water partition coefficient (Wildman–Crippen LogP) is 4.46. The Labute approximate surface area is 169 Å². The largest absolute Gasteiger partial charge is 0.573 e. The van der Waals surface area contributed by atoms with Gasteiger partial charge in [0.15, 0.2) is 10.9 Å². The molecule has 6 nitrogen and oxygen atoms in total. The van der Waals surface area contributed by atoms with Gasteiger partial charge in [0.25, 0.3) is 0 Å². The van der Waals surface area contributed by atoms with E-state index in [1.165, 1.54) is 18.2 Å². The Bertz CT molecular complexity index is 991. The Morgan fingerprint density at radius 1 is 1.17 bits per heavy atom. The number of benzene rings is 2. The van der Waals surface area contributed by atoms with E-state index in [0.717, 1.165) is 35.5 Å². The van der Waals surface area contributed by atoms with E-state index < -0.39 is 18.0 Å². The lowest BCUT2D eigenvalue weighted by molar-refractivity contribution is -0.274. The average molecular weight is 422 g/mol. The fraction of sp³-hybridized carbons (Fsp3) is 0.211. The SMILES string of the molecule is CCc1ccccc1-n1cnnc1SCC(=O)Nc1ccccc1OC(F)(F)F. The molecule has 0 aliphatic carbocycles. The molecule has 0 saturated carbocycles. The molecule has 1 amide bonds. The Hall–Kier alpha value is -3.01. The van der Waals surface area contributed by atoms with E-state index in [4.69, 9.17) is 0 Å². The van der Waals surface area contributed by atoms with Crippen LogP contribution in [0.1, 0.15) is 12.5 Å². The smallest absolute Gasteiger partial charge is 0.404 e. The molecule has 1 N–H and O–H groups in total. The molecule has 3 aromatic rings. The summed E-state index contributed by atoms with van der Waals surface area (Å²) in [6.45, 7) is 2.03. The predicted molar refractivity (Wildman–Crippen MR) is 103 cm³/mol. The van der Waals surface area contributed by atoms with Crippen LogP contribution < -0.4 is 10.1 Å². The van der Waals surface area contributed by atoms with Crippen LogP contribution in [-0.4, -0.2) is 32.8 Å². The molecular weight excluding hydrogens is 405 g/mol. The number of aromatic nitrogens is 3. The maximum absolute atomic E-state index is 12.5. The number of aryl methyl sites for hydroxylation is 1. The summed E-state index contributed by atoms with van der Waals surface area (Å²) in [5, 5.41) is 10.9. The van der Waals surface area contributed by atoms with Gasteiger partial charge in [-0.1, -0.05) is 49.0 Å². The van der Waals surface area contributed by atoms with Crippen LogP contribution in [0.2, 0.25) is 0 Å². The first-order valence-corrected chi connectivity index (χ1v) is 9.61. The summed E-state index contributed by atoms with van der Waals surface area (Å²) < 4.78 is 43.2. The maximum Gasteiger partial charge on any atom is 0.573 e. The summed E-state index contributed by atoms with van der Waals surface area (Å²) in [6, 6.07) is 13.1. The van der Waals surface area contributed by atoms with Gasteiger partial charge in [-0.15, -0.1) is 23.4 Å². The number of carbonyl (C=O) groups is 1. The van der Waals surface area contributed by atoms with Crippen molar-refractivity contribution in [3.8, 4) is 11.4 Å². The number of alkyl halides is 3. The highest BCUT2D eigenvalue weighted by molar-refractivity contribution is 7.99. The summed E-state index contributed by atoms with van der Waals surface area (Å²) in [5.41, 5.74) is 1.94. The van der Waals surface area contributed by atoms with Gasteiger partial charge in [-0.2, -0.15) is 0 Å². The number of anilines is 1. The standard InChI is InChI=1S/C19H17F3N4O2S/c1-2-13-7-3-5-9-15(13)26-12-23-25-18(26)29-11-17(27)24-14-8-4-6-10-16(14)28-19(20,21)22/h3-10,12H,2,11H2,1H3,(H,24,27). The number of thioether (sulfide) groups is 1. The first kappa shape index (κ1) is 20.7. The summed E-state index contributed by atoms with van der Waals surface area (Å²) in [6.07, 6.45) is -2.48. The lowest BCUT2D eigenvalue weighted by atomic mass is 10.1. The molecule has 0 unspecified atom stereocenters. The van der Waals surface area contributed by atoms with Crippen LogP contribution in [-0.2, 0) is 11.2 Å². The third-order valence-electron chi connectivity index (χ3n) is 3.87. The first-order chi connectivity index (χ1) is 13.9. The van der Waals surface area contributed by atoms with Gasteiger partial charge in [0.05, 0.1) is 17.1 Å². The van der Waals surface area contributed by atoms with Gasteiger partial charge >= 0.3 is 6.36 Å². The van der Waals surface area contributed by atoms with Crippen molar-refractivity contribution in [2.45, 2.75) is 24.9 Å². The number of hydrogen-bond acceptors (Lipinski definition) is 5. The van der Waals surface area contributed by atoms with E-state index >= 15 is 0 Å². The molecule has 2 aromatic carbocycles. The summed E-state index contributed by atoms with van der Waals surface area (Å²) in [7, 11) is 0. The number of nitrogens with one attached hydrogen (secondary N) is 1. The number of ether oxygens (including phenoxy) is 1. The molecular formula is C19H17F3N4O2S. The Kier molecular flexibility index (Phi) is 6.42. The number of nitrogens with zero attached hydrogens (tertiary/aromatic N) is 3. The molecule has 1 heterocycles. The topological polar surface area (TPSA) is 69.0 Å². The van der Waals surface area contributed by atoms with Gasteiger partial charge in [-0.05, 0) is 30.2 Å². The van der Waals surface area contributed by atoms with E-state index in [2.05, 4.69) is 20.3 Å². The fourth-order valence-electron chi connectivity index (χ4n) is 2.63. The van der Waals surface area contributed by atoms with Crippen LogP contribution in [0.25, 0.3) is 5.69 Å². The van der Waals surface area contributed by atoms with Gasteiger partial charge in [-0.25, -0.2) is 0 Å². The Morgan fingerprint density at radius 2 is 1.90 bits per heavy atom. The second-order valence-electron chi connectivity index (χ2n) is 5.85. The normalized spacial score (nSPS) is 11.3. The molecule has 0 spiro atoms. The van der Waals surface area contributed by atoms with Crippen molar-refractivity contribution in [1.29, 1.82) is 0 Å². The quantitative estimate of drug-likeness (QED) is 0.570. The lowest BCUT2D eigenvalue weighted by Gasteiger charge is -2.14. The molecule has 152 valence electrons. The summed E-state index contributed by atoms with van der Waals surface area (Å²) in [5.74, 6) is -1.03. The molecule has 10 heteroatoms. The molecule has 0 fully saturated rings. The molecule has 0 aliphatic rings. The third kappa shape index (κ3) is 5.50. The van der Waals surface area contributed by atoms with Crippen LogP contribution in [0.3, 0.4) is 0 Å². The van der Waals surface area contributed by atoms with Crippen LogP contribution >= 0.6 is 11.8 Å². The second kappa shape index (κ2) is 8.99. The van der Waals surface area contributed by atoms with E-state index in [1.807, 2.05) is 31.2 Å². The van der Waals surface area contributed by atoms with Crippen LogP contribution in [0, 0.1) is 0 Å². The van der Waals surface area contributed by atoms with Crippen molar-refractivity contribution in [1.82, 2.24) is 14.8 Å². The zero-order chi connectivity index (χ0) is 20.9. The molecule has 0 saturated heterocycles. The minimum atomic E-state index is -4.85. The lowest BCUT2D eigenvalue weighted by Crippen LogP contribution is -2.20. The number of rotatable bonds is 7. The van der Waals surface area contributed by atoms with Crippen molar-refractivity contribution < 1.29 is 22.7 Å². The van der Waals surface area contributed by atoms with Gasteiger partial charge in [0.2, 0.25) is 5.91 Å². The zero-order valence-electron chi connectivity index (χ0n) is 15.3. The zero-order valence-corrected chi connectivity index (χ0v) is 16.1. The van der Waals surface area contributed by atoms with Gasteiger partial charge in [0.1, 0.15) is 6.33 Å². The highest BCUT2D eigenvalue weighted by atomic mass is 32.2. The van der Waals surface area contributed by atoms with Gasteiger partial charge < -0.3 is 10.1 Å². The van der Waals surface area contributed by atoms with Crippen molar-refractivity contribution in [2.24, 2.45) is 0 Å². The molecule has 0 atom stereocenters. The van der Waals surface area contributed by atoms with Crippen LogP contribution in [0.5, 0.6) is 5.75 Å². The van der Waals surface area contributed by atoms with E-state index in [1.54, 1.807) is 10.9 Å². The number of para-hydroxylation sites is 3. The van der Waals surface area contributed by atoms with Crippen LogP contribution in [0.4, 0.5) is 18.9 Å². The van der Waals surface area contributed by atoms with Crippen molar-refractivity contribution in [3.05, 3.63) is 60.4 Å². The number of amides is 1. The first-order valence-electron chi connectivity index (χ1n) is 8.63. The minimum absolute atomic E-state index is 0.0618. The van der Waals surface area contributed by atoms with E-state index in [0.29, 0.717) is 5.16 Å². The van der Waals surface area contributed by atoms with Gasteiger partial charge in [0, 0.05) is 0 Å². The van der Waals surface area contributed by atoms with Gasteiger partial charge in [-0.3, -0.25) is 9.36 Å². The number of carbonyl (C=O) groups excluding carboxylic acids is 1. The molecule has 0 radical (unpaired) electrons. The average Bonchev–Trinajstić information content (AvgIpc) is 3.15. The van der Waals surface area contributed by atoms with E-state index in [-0.39, 0.29) is 11.4 Å². The minimum Gasteiger partial charge on any atom is -0.404 e. The maximum atomic E-state index is 12.5. The second-order valence-corrected chi connectivity index (χ2v) is 6.79. The summed E-state index contributed by atoms with van der Waals surface area (Å²) >= 11 is 1.13. The summed E-state index contributed by atoms with van der Waals surface area (Å²) in [4.78, 5) is 12.3. The molecule has 29 heavy (non-hydrogen) atoms. The molecule has 1 aromatic heterocycles. The number of hydrogen-bond donors (Lipinski definition) is 1. The van der Waals surface area contributed by atoms with Crippen molar-refractivity contribution in [3.63, 3.8) is 0 Å². The van der Waals surface area contributed by atoms with Crippen molar-refractivity contribution >= 4 is 23.4 Å². The Morgan fingerprint density at radius 3 is 2.66 bits per heavy atom. The highest BCUT2D eigenvalue weighted by Gasteiger charge is 2.32. The third-order valence-corrected chi connectivity index (χ3v) is 4.81. The molecule has 0 aliphatic heterocycles. The fourth-order valence-corrected chi connectivity index (χ4v) is 3.35. The van der Waals surface area contributed by atoms with Crippen LogP contribution in [0.15, 0.2) is 60.0 Å². The Balaban J connectivity index is 1.68. The van der Waals surface area contributed by atoms with Crippen molar-refractivity contribution in [2.75, 3.05) is 11.1 Å². The monoisotopic (exact) mass is 422 g/mol. The molecule has 3 rings (SSSR count). The van der Waals surface area contributed by atoms with E-state index in [9.17, 15) is 18.0 Å².